The Bertz CT molecular complexity index is 1130. The van der Waals surface area contributed by atoms with Crippen LogP contribution in [-0.4, -0.2) is 56.1 Å². The van der Waals surface area contributed by atoms with E-state index in [-0.39, 0.29) is 11.8 Å². The van der Waals surface area contributed by atoms with Gasteiger partial charge >= 0.3 is 0 Å². The number of nitrogens with zero attached hydrogens (tertiary/aromatic N) is 2. The van der Waals surface area contributed by atoms with Gasteiger partial charge in [0.15, 0.2) is 11.5 Å². The van der Waals surface area contributed by atoms with E-state index in [0.29, 0.717) is 31.2 Å². The molecule has 0 saturated heterocycles. The van der Waals surface area contributed by atoms with Crippen LogP contribution in [0, 0.1) is 5.92 Å². The molecule has 2 aromatic rings. The Morgan fingerprint density at radius 3 is 2.33 bits per heavy atom. The van der Waals surface area contributed by atoms with Crippen molar-refractivity contribution in [1.82, 2.24) is 10.2 Å². The molecule has 1 N–H and O–H groups in total. The second-order valence-corrected chi connectivity index (χ2v) is 11.7. The van der Waals surface area contributed by atoms with Crippen molar-refractivity contribution in [2.45, 2.75) is 92.5 Å². The fourth-order valence-electron chi connectivity index (χ4n) is 5.50. The van der Waals surface area contributed by atoms with Gasteiger partial charge in [0.25, 0.3) is 5.91 Å². The van der Waals surface area contributed by atoms with Gasteiger partial charge in [-0.25, -0.2) is 0 Å². The number of nitrogens with one attached hydrogen (secondary N) is 1. The van der Waals surface area contributed by atoms with E-state index in [2.05, 4.69) is 30.1 Å². The molecule has 7 heteroatoms. The van der Waals surface area contributed by atoms with Gasteiger partial charge in [0.2, 0.25) is 5.91 Å². The SMILES string of the molecule is CCOc1ccc(CCCNC(=O)c2ccc3c(c2)CN(CCC(C)C)CCCCCCCN3C(C)=O)cc1OCC. The lowest BCUT2D eigenvalue weighted by Gasteiger charge is -2.29. The number of amides is 2. The number of carbonyl (C=O) groups excluding carboxylic acids is 2. The van der Waals surface area contributed by atoms with Crippen LogP contribution in [0.1, 0.15) is 101 Å². The van der Waals surface area contributed by atoms with Crippen LogP contribution in [0.3, 0.4) is 0 Å². The Balaban J connectivity index is 1.71. The summed E-state index contributed by atoms with van der Waals surface area (Å²) in [5.41, 5.74) is 3.80. The maximum Gasteiger partial charge on any atom is 0.251 e. The number of hydrogen-bond donors (Lipinski definition) is 1. The first kappa shape index (κ1) is 33.4. The summed E-state index contributed by atoms with van der Waals surface area (Å²) in [5.74, 6) is 2.14. The number of rotatable bonds is 12. The van der Waals surface area contributed by atoms with Gasteiger partial charge in [-0.3, -0.25) is 14.5 Å². The molecule has 0 atom stereocenters. The number of anilines is 1. The maximum atomic E-state index is 13.2. The third kappa shape index (κ3) is 10.6. The maximum absolute atomic E-state index is 13.2. The number of aryl methyl sites for hydroxylation is 1. The molecule has 3 rings (SSSR count). The zero-order chi connectivity index (χ0) is 30.3. The summed E-state index contributed by atoms with van der Waals surface area (Å²) in [6.07, 6.45) is 8.52. The second-order valence-electron chi connectivity index (χ2n) is 11.7. The smallest absolute Gasteiger partial charge is 0.251 e. The molecular weight excluding hydrogens is 526 g/mol. The van der Waals surface area contributed by atoms with E-state index in [1.165, 1.54) is 19.3 Å². The molecule has 1 heterocycles. The molecule has 42 heavy (non-hydrogen) atoms. The molecule has 0 radical (unpaired) electrons. The lowest BCUT2D eigenvalue weighted by Crippen LogP contribution is -2.33. The minimum absolute atomic E-state index is 0.0565. The highest BCUT2D eigenvalue weighted by Crippen LogP contribution is 2.29. The predicted octanol–water partition coefficient (Wildman–Crippen LogP) is 7.01. The van der Waals surface area contributed by atoms with Crippen LogP contribution in [0.2, 0.25) is 0 Å². The van der Waals surface area contributed by atoms with Gasteiger partial charge in [-0.15, -0.1) is 0 Å². The van der Waals surface area contributed by atoms with Crippen molar-refractivity contribution in [1.29, 1.82) is 0 Å². The van der Waals surface area contributed by atoms with Crippen molar-refractivity contribution in [2.75, 3.05) is 44.3 Å². The highest BCUT2D eigenvalue weighted by Gasteiger charge is 2.20. The molecule has 0 fully saturated rings. The zero-order valence-corrected chi connectivity index (χ0v) is 26.7. The first-order valence-electron chi connectivity index (χ1n) is 16.1. The fourth-order valence-corrected chi connectivity index (χ4v) is 5.50. The highest BCUT2D eigenvalue weighted by atomic mass is 16.5. The van der Waals surface area contributed by atoms with Gasteiger partial charge in [-0.1, -0.05) is 39.2 Å². The van der Waals surface area contributed by atoms with Crippen LogP contribution in [0.15, 0.2) is 36.4 Å². The van der Waals surface area contributed by atoms with E-state index >= 15 is 0 Å². The van der Waals surface area contributed by atoms with Gasteiger partial charge in [0, 0.05) is 37.8 Å². The van der Waals surface area contributed by atoms with Crippen LogP contribution >= 0.6 is 0 Å². The molecule has 0 saturated carbocycles. The van der Waals surface area contributed by atoms with E-state index in [1.54, 1.807) is 6.92 Å². The number of carbonyl (C=O) groups is 2. The number of benzene rings is 2. The summed E-state index contributed by atoms with van der Waals surface area (Å²) in [6, 6.07) is 11.9. The van der Waals surface area contributed by atoms with E-state index in [9.17, 15) is 9.59 Å². The van der Waals surface area contributed by atoms with Crippen LogP contribution in [-0.2, 0) is 17.8 Å². The lowest BCUT2D eigenvalue weighted by atomic mass is 10.0. The molecular formula is C35H53N3O4. The van der Waals surface area contributed by atoms with Crippen molar-refractivity contribution >= 4 is 17.5 Å². The summed E-state index contributed by atoms with van der Waals surface area (Å²) in [4.78, 5) is 30.4. The average Bonchev–Trinajstić information content (AvgIpc) is 2.96. The van der Waals surface area contributed by atoms with Crippen molar-refractivity contribution in [3.8, 4) is 11.5 Å². The summed E-state index contributed by atoms with van der Waals surface area (Å²) < 4.78 is 11.4. The molecule has 0 bridgehead atoms. The highest BCUT2D eigenvalue weighted by molar-refractivity contribution is 5.97. The quantitative estimate of drug-likeness (QED) is 0.274. The fraction of sp³-hybridized carbons (Fsp3) is 0.600. The Hall–Kier alpha value is -3.06. The van der Waals surface area contributed by atoms with Crippen LogP contribution in [0.5, 0.6) is 11.5 Å². The van der Waals surface area contributed by atoms with Gasteiger partial charge in [-0.05, 0) is 106 Å². The Morgan fingerprint density at radius 2 is 1.62 bits per heavy atom. The average molecular weight is 580 g/mol. The number of fused-ring (bicyclic) bond motifs is 1. The molecule has 1 aliphatic heterocycles. The molecule has 2 aromatic carbocycles. The molecule has 0 aliphatic carbocycles. The third-order valence-electron chi connectivity index (χ3n) is 7.82. The van der Waals surface area contributed by atoms with Gasteiger partial charge in [0.05, 0.1) is 13.2 Å². The monoisotopic (exact) mass is 579 g/mol. The normalized spacial score (nSPS) is 15.0. The number of hydrogen-bond acceptors (Lipinski definition) is 5. The first-order valence-corrected chi connectivity index (χ1v) is 16.1. The van der Waals surface area contributed by atoms with Gasteiger partial charge in [0.1, 0.15) is 0 Å². The molecule has 0 aromatic heterocycles. The number of ether oxygens (including phenoxy) is 2. The zero-order valence-electron chi connectivity index (χ0n) is 26.7. The van der Waals surface area contributed by atoms with Crippen LogP contribution in [0.4, 0.5) is 5.69 Å². The third-order valence-corrected chi connectivity index (χ3v) is 7.82. The van der Waals surface area contributed by atoms with Crippen molar-refractivity contribution < 1.29 is 19.1 Å². The minimum atomic E-state index is -0.0753. The summed E-state index contributed by atoms with van der Waals surface area (Å²) >= 11 is 0. The Kier molecular flexibility index (Phi) is 14.2. The summed E-state index contributed by atoms with van der Waals surface area (Å²) in [5, 5.41) is 3.11. The molecule has 2 amide bonds. The van der Waals surface area contributed by atoms with Gasteiger partial charge < -0.3 is 19.7 Å². The predicted molar refractivity (Wildman–Crippen MR) is 172 cm³/mol. The summed E-state index contributed by atoms with van der Waals surface area (Å²) in [7, 11) is 0. The molecule has 1 aliphatic rings. The Labute approximate surface area is 253 Å². The van der Waals surface area contributed by atoms with Crippen molar-refractivity contribution in [3.63, 3.8) is 0 Å². The topological polar surface area (TPSA) is 71.1 Å². The lowest BCUT2D eigenvalue weighted by molar-refractivity contribution is -0.116. The second kappa shape index (κ2) is 17.8. The van der Waals surface area contributed by atoms with E-state index in [0.717, 1.165) is 86.6 Å². The van der Waals surface area contributed by atoms with Crippen LogP contribution < -0.4 is 19.7 Å². The largest absolute Gasteiger partial charge is 0.490 e. The van der Waals surface area contributed by atoms with E-state index in [4.69, 9.17) is 9.47 Å². The van der Waals surface area contributed by atoms with Crippen molar-refractivity contribution in [2.24, 2.45) is 5.92 Å². The van der Waals surface area contributed by atoms with Crippen LogP contribution in [0.25, 0.3) is 0 Å². The Morgan fingerprint density at radius 1 is 0.905 bits per heavy atom. The standard InChI is InChI=1S/C35H53N3O4/c1-6-41-33-18-15-29(24-34(33)42-7-2)14-13-20-36-35(40)30-16-17-32-31(25-30)26-37(23-19-27(3)4)21-11-9-8-10-12-22-38(32)28(5)39/h15-18,24-25,27H,6-14,19-23,26H2,1-5H3,(H,36,40). The van der Waals surface area contributed by atoms with E-state index < -0.39 is 0 Å². The first-order chi connectivity index (χ1) is 20.3. The molecule has 7 nitrogen and oxygen atoms in total. The molecule has 0 spiro atoms. The summed E-state index contributed by atoms with van der Waals surface area (Å²) in [6.45, 7) is 15.4. The molecule has 232 valence electrons. The molecule has 0 unspecified atom stereocenters. The van der Waals surface area contributed by atoms with E-state index in [1.807, 2.05) is 49.1 Å². The van der Waals surface area contributed by atoms with Crippen molar-refractivity contribution in [3.05, 3.63) is 53.1 Å². The minimum Gasteiger partial charge on any atom is -0.490 e. The van der Waals surface area contributed by atoms with Gasteiger partial charge in [-0.2, -0.15) is 0 Å².